The van der Waals surface area contributed by atoms with Gasteiger partial charge in [0, 0.05) is 47.4 Å². The smallest absolute Gasteiger partial charge is 0.336 e. The fourth-order valence-electron chi connectivity index (χ4n) is 4.70. The number of carboxylic acids is 1. The largest absolute Gasteiger partial charge is 0.508 e. The Morgan fingerprint density at radius 3 is 2.39 bits per heavy atom. The number of aromatic hydroxyl groups is 1. The first kappa shape index (κ1) is 29.8. The van der Waals surface area contributed by atoms with Crippen LogP contribution in [0, 0.1) is 0 Å². The lowest BCUT2D eigenvalue weighted by atomic mass is 9.90. The van der Waals surface area contributed by atoms with E-state index in [0.717, 1.165) is 13.0 Å². The van der Waals surface area contributed by atoms with E-state index in [1.807, 2.05) is 0 Å². The maximum Gasteiger partial charge on any atom is 0.336 e. The van der Waals surface area contributed by atoms with Gasteiger partial charge in [0.2, 0.25) is 0 Å². The molecule has 0 bridgehead atoms. The maximum atomic E-state index is 12.8. The average Bonchev–Trinajstić information content (AvgIpc) is 2.96. The molecule has 0 radical (unpaired) electrons. The molecule has 41 heavy (non-hydrogen) atoms. The number of fused-ring (bicyclic) bond motifs is 2. The molecule has 0 saturated heterocycles. The van der Waals surface area contributed by atoms with Crippen LogP contribution in [0.2, 0.25) is 0 Å². The third-order valence-corrected chi connectivity index (χ3v) is 6.75. The predicted octanol–water partition coefficient (Wildman–Crippen LogP) is 5.70. The zero-order valence-corrected chi connectivity index (χ0v) is 23.1. The Morgan fingerprint density at radius 2 is 1.61 bits per heavy atom. The predicted molar refractivity (Wildman–Crippen MR) is 156 cm³/mol. The van der Waals surface area contributed by atoms with Gasteiger partial charge in [0.05, 0.1) is 25.4 Å². The number of nitrogens with one attached hydrogen (secondary N) is 1. The first-order valence-electron chi connectivity index (χ1n) is 13.9. The molecule has 0 saturated carbocycles. The minimum Gasteiger partial charge on any atom is -0.508 e. The van der Waals surface area contributed by atoms with E-state index in [4.69, 9.17) is 13.9 Å². The highest BCUT2D eigenvalue weighted by Gasteiger charge is 2.23. The molecule has 9 heteroatoms. The summed E-state index contributed by atoms with van der Waals surface area (Å²) in [5, 5.41) is 23.3. The molecule has 0 aromatic heterocycles. The number of ether oxygens (including phenoxy) is 2. The molecule has 1 heterocycles. The minimum absolute atomic E-state index is 0.0374. The van der Waals surface area contributed by atoms with Crippen molar-refractivity contribution >= 4 is 22.8 Å². The van der Waals surface area contributed by atoms with Gasteiger partial charge in [-0.2, -0.15) is 0 Å². The Labute approximate surface area is 238 Å². The highest BCUT2D eigenvalue weighted by Crippen LogP contribution is 2.42. The first-order valence-corrected chi connectivity index (χ1v) is 13.9. The van der Waals surface area contributed by atoms with E-state index in [-0.39, 0.29) is 40.2 Å². The molecule has 9 nitrogen and oxygen atoms in total. The van der Waals surface area contributed by atoms with Gasteiger partial charge in [-0.3, -0.25) is 9.59 Å². The van der Waals surface area contributed by atoms with Gasteiger partial charge >= 0.3 is 5.97 Å². The van der Waals surface area contributed by atoms with Gasteiger partial charge in [0.25, 0.3) is 5.91 Å². The average molecular weight is 562 g/mol. The number of phenolic OH excluding ortho intramolecular Hbond substituents is 1. The van der Waals surface area contributed by atoms with Gasteiger partial charge in [-0.25, -0.2) is 4.79 Å². The second-order valence-electron chi connectivity index (χ2n) is 9.78. The molecule has 0 spiro atoms. The van der Waals surface area contributed by atoms with Crippen molar-refractivity contribution in [1.29, 1.82) is 0 Å². The molecule has 4 rings (SSSR count). The third kappa shape index (κ3) is 7.71. The number of carbonyl (C=O) groups excluding carboxylic acids is 1. The van der Waals surface area contributed by atoms with Gasteiger partial charge in [0.1, 0.15) is 17.1 Å². The normalized spacial score (nSPS) is 11.2. The number of carboxylic acid groups (broad SMARTS) is 1. The van der Waals surface area contributed by atoms with Crippen LogP contribution >= 0.6 is 0 Å². The Morgan fingerprint density at radius 1 is 0.854 bits per heavy atom. The fourth-order valence-corrected chi connectivity index (χ4v) is 4.70. The number of aromatic carboxylic acids is 1. The number of benzene rings is 3. The van der Waals surface area contributed by atoms with Crippen molar-refractivity contribution < 1.29 is 33.7 Å². The zero-order chi connectivity index (χ0) is 29.2. The summed E-state index contributed by atoms with van der Waals surface area (Å²) in [6.07, 6.45) is 5.92. The van der Waals surface area contributed by atoms with Crippen LogP contribution in [0.15, 0.2) is 63.8 Å². The summed E-state index contributed by atoms with van der Waals surface area (Å²) < 4.78 is 16.9. The van der Waals surface area contributed by atoms with E-state index in [1.54, 1.807) is 24.3 Å². The van der Waals surface area contributed by atoms with E-state index in [1.165, 1.54) is 56.0 Å². The van der Waals surface area contributed by atoms with Crippen LogP contribution in [0.5, 0.6) is 5.75 Å². The van der Waals surface area contributed by atoms with Crippen molar-refractivity contribution in [3.05, 3.63) is 75.9 Å². The highest BCUT2D eigenvalue weighted by atomic mass is 16.5. The Kier molecular flexibility index (Phi) is 10.5. The Balaban J connectivity index is 1.43. The summed E-state index contributed by atoms with van der Waals surface area (Å²) in [6.45, 7) is 4.39. The number of amides is 1. The number of hydrogen-bond donors (Lipinski definition) is 3. The highest BCUT2D eigenvalue weighted by molar-refractivity contribution is 6.09. The molecule has 216 valence electrons. The molecule has 0 fully saturated rings. The summed E-state index contributed by atoms with van der Waals surface area (Å²) in [7, 11) is 0. The molecule has 2 aliphatic rings. The van der Waals surface area contributed by atoms with Crippen LogP contribution in [0.1, 0.15) is 59.7 Å². The summed E-state index contributed by atoms with van der Waals surface area (Å²) in [5.41, 5.74) is 1.50. The summed E-state index contributed by atoms with van der Waals surface area (Å²) in [6, 6.07) is 13.2. The van der Waals surface area contributed by atoms with E-state index in [0.29, 0.717) is 41.9 Å². The second kappa shape index (κ2) is 14.4. The van der Waals surface area contributed by atoms with Crippen LogP contribution in [0.25, 0.3) is 33.4 Å². The van der Waals surface area contributed by atoms with Gasteiger partial charge in [-0.1, -0.05) is 38.7 Å². The lowest BCUT2D eigenvalue weighted by Gasteiger charge is -2.17. The summed E-state index contributed by atoms with van der Waals surface area (Å²) in [5.74, 6) is -1.43. The van der Waals surface area contributed by atoms with Crippen LogP contribution < -0.4 is 10.7 Å². The van der Waals surface area contributed by atoms with E-state index in [2.05, 4.69) is 12.2 Å². The third-order valence-electron chi connectivity index (χ3n) is 6.75. The van der Waals surface area contributed by atoms with Crippen molar-refractivity contribution in [3.63, 3.8) is 0 Å². The molecule has 0 unspecified atom stereocenters. The molecule has 1 aliphatic carbocycles. The van der Waals surface area contributed by atoms with E-state index < -0.39 is 11.9 Å². The number of rotatable bonds is 15. The van der Waals surface area contributed by atoms with Gasteiger partial charge in [-0.15, -0.1) is 0 Å². The fraction of sp³-hybridized carbons (Fsp3) is 0.344. The quantitative estimate of drug-likeness (QED) is 0.124. The summed E-state index contributed by atoms with van der Waals surface area (Å²) >= 11 is 0. The van der Waals surface area contributed by atoms with Crippen molar-refractivity contribution in [2.75, 3.05) is 33.0 Å². The van der Waals surface area contributed by atoms with Crippen LogP contribution in [0.3, 0.4) is 0 Å². The van der Waals surface area contributed by atoms with Crippen LogP contribution in [0.4, 0.5) is 0 Å². The molecule has 0 atom stereocenters. The van der Waals surface area contributed by atoms with E-state index in [9.17, 15) is 24.6 Å². The van der Waals surface area contributed by atoms with Crippen LogP contribution in [-0.2, 0) is 9.47 Å². The summed E-state index contributed by atoms with van der Waals surface area (Å²) in [4.78, 5) is 37.1. The number of hydrogen-bond acceptors (Lipinski definition) is 7. The van der Waals surface area contributed by atoms with Crippen molar-refractivity contribution in [3.8, 4) is 28.2 Å². The van der Waals surface area contributed by atoms with E-state index >= 15 is 0 Å². The van der Waals surface area contributed by atoms with Gasteiger partial charge in [-0.05, 0) is 48.4 Å². The lowest BCUT2D eigenvalue weighted by molar-refractivity contribution is 0.0468. The molecule has 3 N–H and O–H groups in total. The molecule has 1 amide bonds. The van der Waals surface area contributed by atoms with Crippen molar-refractivity contribution in [2.45, 2.75) is 39.0 Å². The maximum absolute atomic E-state index is 12.8. The molecule has 2 aromatic rings. The monoisotopic (exact) mass is 561 g/mol. The lowest BCUT2D eigenvalue weighted by Crippen LogP contribution is -2.28. The van der Waals surface area contributed by atoms with Gasteiger partial charge < -0.3 is 29.4 Å². The number of carbonyl (C=O) groups is 2. The van der Waals surface area contributed by atoms with Crippen molar-refractivity contribution in [1.82, 2.24) is 5.32 Å². The minimum atomic E-state index is -1.22. The molecule has 1 aliphatic heterocycles. The standard InChI is InChI=1S/C32H35NO8/c1-2-3-4-5-6-14-39-16-17-40-15-13-33-31(36)21-7-10-24(27(18-21)32(37)38)30-25-11-8-22(34)19-28(25)41-29-20-23(35)9-12-26(29)30/h7-12,18-20,34H,2-6,13-17H2,1H3,(H,33,36)(H,37,38). The number of phenols is 1. The topological polar surface area (TPSA) is 135 Å². The SMILES string of the molecule is CCCCCCCOCCOCCNC(=O)c1ccc(-c2c3ccc(=O)cc-3oc3cc(O)ccc23)c(C(=O)O)c1. The Hall–Kier alpha value is -4.21. The molecular weight excluding hydrogens is 526 g/mol. The van der Waals surface area contributed by atoms with Gasteiger partial charge in [0.15, 0.2) is 5.43 Å². The molecule has 2 aromatic carbocycles. The first-order chi connectivity index (χ1) is 19.9. The Bertz CT molecular complexity index is 1530. The number of unbranched alkanes of at least 4 members (excludes halogenated alkanes) is 4. The molecular formula is C32H35NO8. The van der Waals surface area contributed by atoms with Crippen molar-refractivity contribution in [2.24, 2.45) is 0 Å². The zero-order valence-electron chi connectivity index (χ0n) is 23.1. The second-order valence-corrected chi connectivity index (χ2v) is 9.78. The van der Waals surface area contributed by atoms with Crippen LogP contribution in [-0.4, -0.2) is 55.1 Å².